The minimum atomic E-state index is -0.791. The molecule has 0 radical (unpaired) electrons. The lowest BCUT2D eigenvalue weighted by Crippen LogP contribution is -2.31. The Balaban J connectivity index is 1.81. The number of aliphatic hydroxyl groups excluding tert-OH is 1. The average molecular weight is 488 g/mol. The van der Waals surface area contributed by atoms with Gasteiger partial charge in [0.1, 0.15) is 11.5 Å². The molecule has 1 atom stereocenters. The van der Waals surface area contributed by atoms with Crippen LogP contribution in [0.2, 0.25) is 0 Å². The lowest BCUT2D eigenvalue weighted by molar-refractivity contribution is -0.139. The highest BCUT2D eigenvalue weighted by molar-refractivity contribution is 6.46. The fourth-order valence-electron chi connectivity index (χ4n) is 4.38. The average Bonchev–Trinajstić information content (AvgIpc) is 3.17. The number of hydrogen-bond acceptors (Lipinski definition) is 6. The van der Waals surface area contributed by atoms with E-state index in [-0.39, 0.29) is 11.3 Å². The van der Waals surface area contributed by atoms with E-state index in [1.54, 1.807) is 49.6 Å². The highest BCUT2D eigenvalue weighted by atomic mass is 16.5. The molecule has 186 valence electrons. The Hall–Kier alpha value is -4.26. The van der Waals surface area contributed by atoms with E-state index in [0.29, 0.717) is 47.9 Å². The second-order valence-electron chi connectivity index (χ2n) is 8.30. The lowest BCUT2D eigenvalue weighted by atomic mass is 9.94. The zero-order valence-corrected chi connectivity index (χ0v) is 20.6. The molecular formula is C29H29NO6. The van der Waals surface area contributed by atoms with Gasteiger partial charge < -0.3 is 24.2 Å². The fourth-order valence-corrected chi connectivity index (χ4v) is 4.38. The smallest absolute Gasteiger partial charge is 0.295 e. The molecule has 1 saturated heterocycles. The van der Waals surface area contributed by atoms with Crippen LogP contribution >= 0.6 is 0 Å². The monoisotopic (exact) mass is 487 g/mol. The molecule has 1 fully saturated rings. The van der Waals surface area contributed by atoms with E-state index < -0.39 is 17.7 Å². The Morgan fingerprint density at radius 3 is 2.28 bits per heavy atom. The van der Waals surface area contributed by atoms with Crippen molar-refractivity contribution in [2.75, 3.05) is 27.4 Å². The number of ketones is 1. The molecule has 3 aromatic rings. The molecule has 1 unspecified atom stereocenters. The molecule has 0 bridgehead atoms. The van der Waals surface area contributed by atoms with Crippen molar-refractivity contribution < 1.29 is 28.9 Å². The van der Waals surface area contributed by atoms with E-state index in [1.807, 2.05) is 37.3 Å². The number of carbonyl (C=O) groups is 2. The van der Waals surface area contributed by atoms with E-state index in [1.165, 1.54) is 12.0 Å². The van der Waals surface area contributed by atoms with Gasteiger partial charge in [0.05, 0.1) is 32.4 Å². The number of benzene rings is 3. The zero-order valence-electron chi connectivity index (χ0n) is 20.6. The molecule has 0 spiro atoms. The Bertz CT molecular complexity index is 1270. The van der Waals surface area contributed by atoms with Crippen LogP contribution in [0.3, 0.4) is 0 Å². The zero-order chi connectivity index (χ0) is 25.7. The molecular weight excluding hydrogens is 458 g/mol. The Morgan fingerprint density at radius 1 is 0.917 bits per heavy atom. The minimum absolute atomic E-state index is 0.0319. The molecule has 7 heteroatoms. The van der Waals surface area contributed by atoms with Gasteiger partial charge in [-0.3, -0.25) is 9.59 Å². The van der Waals surface area contributed by atoms with Crippen molar-refractivity contribution in [3.8, 4) is 17.2 Å². The summed E-state index contributed by atoms with van der Waals surface area (Å²) in [5, 5.41) is 11.3. The van der Waals surface area contributed by atoms with E-state index >= 15 is 0 Å². The molecule has 0 aliphatic carbocycles. The van der Waals surface area contributed by atoms with Gasteiger partial charge >= 0.3 is 0 Å². The van der Waals surface area contributed by atoms with Gasteiger partial charge in [0.2, 0.25) is 0 Å². The van der Waals surface area contributed by atoms with E-state index in [4.69, 9.17) is 14.2 Å². The van der Waals surface area contributed by atoms with E-state index in [2.05, 4.69) is 0 Å². The maximum Gasteiger partial charge on any atom is 0.295 e. The van der Waals surface area contributed by atoms with Crippen LogP contribution in [0, 0.1) is 0 Å². The first-order valence-electron chi connectivity index (χ1n) is 11.8. The summed E-state index contributed by atoms with van der Waals surface area (Å²) >= 11 is 0. The van der Waals surface area contributed by atoms with E-state index in [9.17, 15) is 14.7 Å². The van der Waals surface area contributed by atoms with Crippen LogP contribution < -0.4 is 14.2 Å². The summed E-state index contributed by atoms with van der Waals surface area (Å²) in [6.45, 7) is 2.64. The van der Waals surface area contributed by atoms with Gasteiger partial charge in [0.25, 0.3) is 11.7 Å². The molecule has 1 N–H and O–H groups in total. The SMILES string of the molecule is CCOc1ccc(C2C(=C(O)c3ccc(OC)cc3)C(=O)C(=O)N2CCc2ccccc2)cc1OC. The van der Waals surface area contributed by atoms with Crippen molar-refractivity contribution in [2.24, 2.45) is 0 Å². The summed E-state index contributed by atoms with van der Waals surface area (Å²) in [7, 11) is 3.08. The van der Waals surface area contributed by atoms with Crippen molar-refractivity contribution in [3.05, 3.63) is 95.1 Å². The Kier molecular flexibility index (Phi) is 7.59. The molecule has 1 aliphatic heterocycles. The second-order valence-corrected chi connectivity index (χ2v) is 8.30. The van der Waals surface area contributed by atoms with Crippen LogP contribution in [0.15, 0.2) is 78.4 Å². The number of hydrogen-bond donors (Lipinski definition) is 1. The summed E-state index contributed by atoms with van der Waals surface area (Å²) in [5.74, 6) is 0.0272. The summed E-state index contributed by atoms with van der Waals surface area (Å²) in [6, 6.07) is 20.9. The Morgan fingerprint density at radius 2 is 1.64 bits per heavy atom. The number of ether oxygens (including phenoxy) is 3. The Labute approximate surface area is 210 Å². The van der Waals surface area contributed by atoms with Crippen molar-refractivity contribution in [3.63, 3.8) is 0 Å². The number of rotatable bonds is 9. The third-order valence-electron chi connectivity index (χ3n) is 6.19. The third-order valence-corrected chi connectivity index (χ3v) is 6.19. The maximum absolute atomic E-state index is 13.3. The number of Topliss-reactive ketones (excluding diaryl/α,β-unsaturated/α-hetero) is 1. The van der Waals surface area contributed by atoms with Gasteiger partial charge in [-0.1, -0.05) is 36.4 Å². The predicted molar refractivity (Wildman–Crippen MR) is 136 cm³/mol. The second kappa shape index (κ2) is 11.0. The highest BCUT2D eigenvalue weighted by Crippen LogP contribution is 2.42. The largest absolute Gasteiger partial charge is 0.507 e. The van der Waals surface area contributed by atoms with Gasteiger partial charge in [0.15, 0.2) is 11.5 Å². The van der Waals surface area contributed by atoms with Crippen LogP contribution in [-0.2, 0) is 16.0 Å². The number of amides is 1. The molecule has 0 saturated carbocycles. The van der Waals surface area contributed by atoms with Gasteiger partial charge in [-0.25, -0.2) is 0 Å². The standard InChI is InChI=1S/C29H29NO6/c1-4-36-23-15-12-21(18-24(23)35-3)26-25(27(31)20-10-13-22(34-2)14-11-20)28(32)29(33)30(26)17-16-19-8-6-5-7-9-19/h5-15,18,26,31H,4,16-17H2,1-3H3. The third kappa shape index (κ3) is 4.91. The van der Waals surface area contributed by atoms with Gasteiger partial charge in [-0.15, -0.1) is 0 Å². The maximum atomic E-state index is 13.3. The summed E-state index contributed by atoms with van der Waals surface area (Å²) in [4.78, 5) is 28.0. The van der Waals surface area contributed by atoms with Crippen LogP contribution in [0.1, 0.15) is 29.7 Å². The number of likely N-dealkylation sites (tertiary alicyclic amines) is 1. The molecule has 1 amide bonds. The molecule has 0 aromatic heterocycles. The van der Waals surface area contributed by atoms with Crippen molar-refractivity contribution >= 4 is 17.4 Å². The molecule has 36 heavy (non-hydrogen) atoms. The molecule has 7 nitrogen and oxygen atoms in total. The summed E-state index contributed by atoms with van der Waals surface area (Å²) in [6.07, 6.45) is 0.557. The fraction of sp³-hybridized carbons (Fsp3) is 0.241. The summed E-state index contributed by atoms with van der Waals surface area (Å²) < 4.78 is 16.4. The molecule has 4 rings (SSSR count). The number of nitrogens with zero attached hydrogens (tertiary/aromatic N) is 1. The molecule has 1 heterocycles. The van der Waals surface area contributed by atoms with E-state index in [0.717, 1.165) is 5.56 Å². The number of aliphatic hydroxyl groups is 1. The van der Waals surface area contributed by atoms with Gasteiger partial charge in [0, 0.05) is 12.1 Å². The first kappa shape index (κ1) is 24.9. The van der Waals surface area contributed by atoms with Crippen molar-refractivity contribution in [1.29, 1.82) is 0 Å². The molecule has 1 aliphatic rings. The van der Waals surface area contributed by atoms with Gasteiger partial charge in [-0.2, -0.15) is 0 Å². The molecule has 3 aromatic carbocycles. The lowest BCUT2D eigenvalue weighted by Gasteiger charge is -2.26. The van der Waals surface area contributed by atoms with Gasteiger partial charge in [-0.05, 0) is 60.9 Å². The normalized spacial score (nSPS) is 16.8. The first-order chi connectivity index (χ1) is 17.5. The van der Waals surface area contributed by atoms with Crippen LogP contribution in [-0.4, -0.2) is 49.1 Å². The summed E-state index contributed by atoms with van der Waals surface area (Å²) in [5.41, 5.74) is 2.12. The number of carbonyl (C=O) groups excluding carboxylic acids is 2. The topological polar surface area (TPSA) is 85.3 Å². The van der Waals surface area contributed by atoms with Crippen LogP contribution in [0.5, 0.6) is 17.2 Å². The van der Waals surface area contributed by atoms with Crippen LogP contribution in [0.4, 0.5) is 0 Å². The quantitative estimate of drug-likeness (QED) is 0.266. The first-order valence-corrected chi connectivity index (χ1v) is 11.8. The number of methoxy groups -OCH3 is 2. The minimum Gasteiger partial charge on any atom is -0.507 e. The highest BCUT2D eigenvalue weighted by Gasteiger charge is 2.46. The predicted octanol–water partition coefficient (Wildman–Crippen LogP) is 4.77. The van der Waals surface area contributed by atoms with Crippen molar-refractivity contribution in [2.45, 2.75) is 19.4 Å². The van der Waals surface area contributed by atoms with Crippen molar-refractivity contribution in [1.82, 2.24) is 4.90 Å². The van der Waals surface area contributed by atoms with Crippen LogP contribution in [0.25, 0.3) is 5.76 Å².